The summed E-state index contributed by atoms with van der Waals surface area (Å²) >= 11 is 0. The lowest BCUT2D eigenvalue weighted by Gasteiger charge is -2.43. The van der Waals surface area contributed by atoms with Crippen LogP contribution in [0.15, 0.2) is 47.1 Å². The van der Waals surface area contributed by atoms with Crippen molar-refractivity contribution in [2.75, 3.05) is 32.8 Å². The lowest BCUT2D eigenvalue weighted by molar-refractivity contribution is -0.202. The molecular formula is C28H34F3N3O8S. The maximum Gasteiger partial charge on any atom is 0.416 e. The van der Waals surface area contributed by atoms with Crippen LogP contribution < -0.4 is 10.2 Å². The Morgan fingerprint density at radius 3 is 2.26 bits per heavy atom. The van der Waals surface area contributed by atoms with Gasteiger partial charge in [0.15, 0.2) is 16.8 Å². The summed E-state index contributed by atoms with van der Waals surface area (Å²) in [5, 5.41) is 0. The van der Waals surface area contributed by atoms with E-state index in [1.807, 2.05) is 0 Å². The molecule has 1 aromatic carbocycles. The van der Waals surface area contributed by atoms with Crippen molar-refractivity contribution in [3.8, 4) is 5.75 Å². The lowest BCUT2D eigenvalue weighted by Crippen LogP contribution is -2.63. The van der Waals surface area contributed by atoms with E-state index in [0.717, 1.165) is 25.0 Å². The van der Waals surface area contributed by atoms with Crippen LogP contribution in [-0.4, -0.2) is 79.4 Å². The highest BCUT2D eigenvalue weighted by atomic mass is 32.2. The highest BCUT2D eigenvalue weighted by Crippen LogP contribution is 2.36. The van der Waals surface area contributed by atoms with Gasteiger partial charge >= 0.3 is 6.18 Å². The van der Waals surface area contributed by atoms with E-state index in [4.69, 9.17) is 18.7 Å². The van der Waals surface area contributed by atoms with E-state index in [0.29, 0.717) is 13.0 Å². The first-order valence-electron chi connectivity index (χ1n) is 14.2. The highest BCUT2D eigenvalue weighted by Gasteiger charge is 2.56. The van der Waals surface area contributed by atoms with E-state index in [1.54, 1.807) is 6.07 Å². The van der Waals surface area contributed by atoms with Gasteiger partial charge in [0.2, 0.25) is 10.0 Å². The first kappa shape index (κ1) is 31.3. The van der Waals surface area contributed by atoms with Gasteiger partial charge in [-0.25, -0.2) is 23.0 Å². The van der Waals surface area contributed by atoms with Crippen LogP contribution in [0, 0.1) is 0 Å². The molecule has 1 N–H and O–H groups in total. The third-order valence-corrected chi connectivity index (χ3v) is 10.8. The summed E-state index contributed by atoms with van der Waals surface area (Å²) in [6.45, 7) is 0.561. The molecule has 0 aliphatic carbocycles. The van der Waals surface area contributed by atoms with Crippen LogP contribution in [0.5, 0.6) is 5.75 Å². The topological polar surface area (TPSA) is 128 Å². The zero-order valence-corrected chi connectivity index (χ0v) is 24.2. The molecule has 15 heteroatoms. The minimum absolute atomic E-state index is 0.000388. The van der Waals surface area contributed by atoms with Crippen LogP contribution in [-0.2, 0) is 30.6 Å². The van der Waals surface area contributed by atoms with Crippen molar-refractivity contribution in [3.05, 3.63) is 54.0 Å². The van der Waals surface area contributed by atoms with Crippen molar-refractivity contribution in [2.45, 2.75) is 68.3 Å². The molecule has 1 atom stereocenters. The Morgan fingerprint density at radius 2 is 1.67 bits per heavy atom. The summed E-state index contributed by atoms with van der Waals surface area (Å²) in [5.41, 5.74) is 1.55. The first-order chi connectivity index (χ1) is 20.5. The van der Waals surface area contributed by atoms with Crippen molar-refractivity contribution < 1.29 is 49.9 Å². The zero-order valence-electron chi connectivity index (χ0n) is 23.4. The highest BCUT2D eigenvalue weighted by molar-refractivity contribution is 7.91. The second-order valence-corrected chi connectivity index (χ2v) is 13.1. The molecule has 4 heterocycles. The molecule has 0 bridgehead atoms. The van der Waals surface area contributed by atoms with Crippen LogP contribution in [0.25, 0.3) is 0 Å². The number of sulfonamides is 1. The predicted molar refractivity (Wildman–Crippen MR) is 145 cm³/mol. The number of carbonyl (C=O) groups excluding carboxylic acids is 2. The molecule has 3 fully saturated rings. The van der Waals surface area contributed by atoms with Crippen molar-refractivity contribution in [1.82, 2.24) is 14.7 Å². The number of halogens is 3. The van der Waals surface area contributed by atoms with Gasteiger partial charge in [-0.15, -0.1) is 0 Å². The molecule has 3 saturated heterocycles. The van der Waals surface area contributed by atoms with Crippen LogP contribution in [0.1, 0.15) is 61.1 Å². The van der Waals surface area contributed by atoms with Gasteiger partial charge < -0.3 is 18.8 Å². The molecule has 11 nitrogen and oxygen atoms in total. The van der Waals surface area contributed by atoms with Crippen molar-refractivity contribution >= 4 is 21.8 Å². The third kappa shape index (κ3) is 6.84. The minimum atomic E-state index is -4.46. The molecule has 236 valence electrons. The number of ether oxygens (including phenoxy) is 2. The molecule has 5 rings (SSSR count). The Kier molecular flexibility index (Phi) is 9.34. The number of likely N-dealkylation sites (tertiary alicyclic amines) is 1. The summed E-state index contributed by atoms with van der Waals surface area (Å²) < 4.78 is 82.8. The Hall–Kier alpha value is -3.14. The molecule has 2 aromatic rings. The van der Waals surface area contributed by atoms with E-state index in [-0.39, 0.29) is 63.4 Å². The van der Waals surface area contributed by atoms with Crippen molar-refractivity contribution in [1.29, 1.82) is 0 Å². The summed E-state index contributed by atoms with van der Waals surface area (Å²) in [5.74, 6) is -0.854. The van der Waals surface area contributed by atoms with Gasteiger partial charge in [0.05, 0.1) is 11.8 Å². The summed E-state index contributed by atoms with van der Waals surface area (Å²) in [6.07, 6.45) is -1.72. The van der Waals surface area contributed by atoms with Crippen LogP contribution in [0.4, 0.5) is 13.2 Å². The molecule has 43 heavy (non-hydrogen) atoms. The van der Waals surface area contributed by atoms with E-state index < -0.39 is 50.7 Å². The second kappa shape index (κ2) is 12.8. The van der Waals surface area contributed by atoms with Gasteiger partial charge in [0, 0.05) is 39.2 Å². The zero-order chi connectivity index (χ0) is 30.7. The smallest absolute Gasteiger partial charge is 0.416 e. The van der Waals surface area contributed by atoms with Gasteiger partial charge in [-0.1, -0.05) is 0 Å². The number of nitrogens with one attached hydrogen (secondary N) is 1. The van der Waals surface area contributed by atoms with Crippen LogP contribution in [0.3, 0.4) is 0 Å². The fraction of sp³-hybridized carbons (Fsp3) is 0.571. The minimum Gasteiger partial charge on any atom is -0.490 e. The molecule has 0 spiro atoms. The largest absolute Gasteiger partial charge is 0.490 e. The molecular weight excluding hydrogens is 595 g/mol. The summed E-state index contributed by atoms with van der Waals surface area (Å²) in [6, 6.07) is 7.43. The van der Waals surface area contributed by atoms with Crippen molar-refractivity contribution in [3.63, 3.8) is 0 Å². The Morgan fingerprint density at radius 1 is 0.977 bits per heavy atom. The fourth-order valence-electron chi connectivity index (χ4n) is 5.60. The molecule has 3 aliphatic rings. The maximum absolute atomic E-state index is 14.2. The SMILES string of the molecule is O=C(c1ccco1)N1CCC(C(=O)NOC2CCCCO2)(S(=O)(=O)N2CCC(Oc3ccc(C(F)(F)F)cc3)CC2)CC1. The van der Waals surface area contributed by atoms with Gasteiger partial charge in [-0.3, -0.25) is 9.59 Å². The lowest BCUT2D eigenvalue weighted by atomic mass is 9.94. The third-order valence-electron chi connectivity index (χ3n) is 8.14. The van der Waals surface area contributed by atoms with E-state index >= 15 is 0 Å². The second-order valence-electron chi connectivity index (χ2n) is 10.9. The number of nitrogens with zero attached hydrogens (tertiary/aromatic N) is 2. The quantitative estimate of drug-likeness (QED) is 0.438. The van der Waals surface area contributed by atoms with Gasteiger partial charge in [0.25, 0.3) is 11.8 Å². The molecule has 1 unspecified atom stereocenters. The normalized spacial score (nSPS) is 22.2. The number of hydroxylamine groups is 1. The Balaban J connectivity index is 1.26. The number of benzene rings is 1. The average Bonchev–Trinajstić information content (AvgIpc) is 3.55. The van der Waals surface area contributed by atoms with Gasteiger partial charge in [0.1, 0.15) is 11.9 Å². The average molecular weight is 630 g/mol. The monoisotopic (exact) mass is 629 g/mol. The number of piperidine rings is 2. The number of carbonyl (C=O) groups is 2. The van der Waals surface area contributed by atoms with Crippen LogP contribution >= 0.6 is 0 Å². The van der Waals surface area contributed by atoms with E-state index in [2.05, 4.69) is 5.48 Å². The Labute approximate surface area is 247 Å². The van der Waals surface area contributed by atoms with E-state index in [9.17, 15) is 31.2 Å². The summed E-state index contributed by atoms with van der Waals surface area (Å²) in [4.78, 5) is 33.4. The standard InChI is InChI=1S/C28H34F3N3O8S/c29-28(30,31)20-6-8-21(9-7-20)41-22-10-14-34(15-11-22)43(37,38)27(26(36)32-42-24-5-1-2-18-40-24)12-16-33(17-13-27)25(35)23-4-3-19-39-23/h3-4,6-9,19,22,24H,1-2,5,10-18H2,(H,32,36). The maximum atomic E-state index is 14.2. The number of alkyl halides is 3. The van der Waals surface area contributed by atoms with Crippen LogP contribution in [0.2, 0.25) is 0 Å². The number of rotatable bonds is 8. The van der Waals surface area contributed by atoms with Gasteiger partial charge in [-0.05, 0) is 74.9 Å². The molecule has 1 aromatic heterocycles. The number of furan rings is 1. The number of hydrogen-bond donors (Lipinski definition) is 1. The fourth-order valence-corrected chi connectivity index (χ4v) is 7.76. The number of hydrogen-bond acceptors (Lipinski definition) is 8. The summed E-state index contributed by atoms with van der Waals surface area (Å²) in [7, 11) is -4.26. The Bertz CT molecular complexity index is 1350. The number of amides is 2. The van der Waals surface area contributed by atoms with E-state index in [1.165, 1.54) is 33.7 Å². The van der Waals surface area contributed by atoms with Crippen molar-refractivity contribution in [2.24, 2.45) is 0 Å². The molecule has 3 aliphatic heterocycles. The predicted octanol–water partition coefficient (Wildman–Crippen LogP) is 3.72. The molecule has 2 amide bonds. The molecule has 0 radical (unpaired) electrons. The molecule has 0 saturated carbocycles. The first-order valence-corrected chi connectivity index (χ1v) is 15.7. The van der Waals surface area contributed by atoms with Gasteiger partial charge in [-0.2, -0.15) is 13.2 Å².